The predicted molar refractivity (Wildman–Crippen MR) is 71.8 cm³/mol. The summed E-state index contributed by atoms with van der Waals surface area (Å²) in [6.45, 7) is 3.04. The van der Waals surface area contributed by atoms with Gasteiger partial charge in [-0.15, -0.1) is 0 Å². The second-order valence-electron chi connectivity index (χ2n) is 4.07. The zero-order chi connectivity index (χ0) is 13.0. The van der Waals surface area contributed by atoms with Crippen molar-refractivity contribution in [3.63, 3.8) is 0 Å². The number of imidazole rings is 1. The summed E-state index contributed by atoms with van der Waals surface area (Å²) in [4.78, 5) is 4.45. The maximum atomic E-state index is 5.18. The largest absolute Gasteiger partial charge is 0.497 e. The van der Waals surface area contributed by atoms with Gasteiger partial charge in [-0.3, -0.25) is 0 Å². The van der Waals surface area contributed by atoms with E-state index in [1.54, 1.807) is 7.11 Å². The van der Waals surface area contributed by atoms with Gasteiger partial charge in [-0.1, -0.05) is 12.1 Å². The minimum Gasteiger partial charge on any atom is -0.497 e. The van der Waals surface area contributed by atoms with Crippen molar-refractivity contribution in [2.45, 2.75) is 19.5 Å². The van der Waals surface area contributed by atoms with Crippen LogP contribution in [0.25, 0.3) is 0 Å². The number of methoxy groups -OCH3 is 1. The fourth-order valence-corrected chi connectivity index (χ4v) is 2.09. The van der Waals surface area contributed by atoms with Crippen LogP contribution in [0.5, 0.6) is 5.75 Å². The summed E-state index contributed by atoms with van der Waals surface area (Å²) < 4.78 is 7.32. The summed E-state index contributed by atoms with van der Waals surface area (Å²) >= 11 is 0. The Morgan fingerprint density at radius 1 is 1.33 bits per heavy atom. The first kappa shape index (κ1) is 12.6. The molecule has 0 radical (unpaired) electrons. The molecule has 1 aromatic carbocycles. The quantitative estimate of drug-likeness (QED) is 0.878. The lowest BCUT2D eigenvalue weighted by Crippen LogP contribution is -2.21. The average Bonchev–Trinajstić information content (AvgIpc) is 2.89. The molecule has 4 nitrogen and oxygen atoms in total. The van der Waals surface area contributed by atoms with Gasteiger partial charge in [0.2, 0.25) is 0 Å². The number of nitrogens with zero attached hydrogens (tertiary/aromatic N) is 2. The number of hydrogen-bond acceptors (Lipinski definition) is 3. The minimum atomic E-state index is 0.103. The highest BCUT2D eigenvalue weighted by Crippen LogP contribution is 2.22. The summed E-state index contributed by atoms with van der Waals surface area (Å²) in [7, 11) is 3.62. The van der Waals surface area contributed by atoms with E-state index in [2.05, 4.69) is 33.9 Å². The predicted octanol–water partition coefficient (Wildman–Crippen LogP) is 2.22. The maximum absolute atomic E-state index is 5.18. The molecule has 1 aromatic heterocycles. The van der Waals surface area contributed by atoms with Gasteiger partial charge in [0.1, 0.15) is 11.6 Å². The summed E-state index contributed by atoms with van der Waals surface area (Å²) in [5.41, 5.74) is 1.18. The van der Waals surface area contributed by atoms with E-state index in [0.29, 0.717) is 0 Å². The van der Waals surface area contributed by atoms with Crippen LogP contribution in [0.4, 0.5) is 0 Å². The normalized spacial score (nSPS) is 12.4. The molecular weight excluding hydrogens is 226 g/mol. The number of ether oxygens (including phenoxy) is 1. The number of nitrogens with one attached hydrogen (secondary N) is 1. The molecule has 1 atom stereocenters. The van der Waals surface area contributed by atoms with Gasteiger partial charge >= 0.3 is 0 Å². The van der Waals surface area contributed by atoms with Crippen LogP contribution < -0.4 is 10.1 Å². The lowest BCUT2D eigenvalue weighted by atomic mass is 10.1. The van der Waals surface area contributed by atoms with Crippen molar-refractivity contribution in [1.29, 1.82) is 0 Å². The molecule has 1 unspecified atom stereocenters. The van der Waals surface area contributed by atoms with Crippen LogP contribution in [0, 0.1) is 0 Å². The van der Waals surface area contributed by atoms with Crippen LogP contribution in [0.15, 0.2) is 36.7 Å². The zero-order valence-corrected chi connectivity index (χ0v) is 11.1. The first-order chi connectivity index (χ1) is 8.80. The lowest BCUT2D eigenvalue weighted by molar-refractivity contribution is 0.414. The maximum Gasteiger partial charge on any atom is 0.130 e. The Morgan fingerprint density at radius 2 is 2.06 bits per heavy atom. The first-order valence-electron chi connectivity index (χ1n) is 6.12. The van der Waals surface area contributed by atoms with Crippen molar-refractivity contribution in [2.75, 3.05) is 14.2 Å². The van der Waals surface area contributed by atoms with E-state index >= 15 is 0 Å². The zero-order valence-electron chi connectivity index (χ0n) is 11.1. The SMILES string of the molecule is CCn1ccnc1C(NC)c1ccc(OC)cc1. The summed E-state index contributed by atoms with van der Waals surface area (Å²) in [6, 6.07) is 8.17. The molecule has 2 aromatic rings. The molecule has 0 aliphatic carbocycles. The van der Waals surface area contributed by atoms with E-state index in [1.165, 1.54) is 5.56 Å². The Labute approximate surface area is 108 Å². The molecule has 96 valence electrons. The van der Waals surface area contributed by atoms with Gasteiger partial charge in [-0.2, -0.15) is 0 Å². The molecule has 1 heterocycles. The van der Waals surface area contributed by atoms with E-state index < -0.39 is 0 Å². The van der Waals surface area contributed by atoms with Crippen LogP contribution in [-0.4, -0.2) is 23.7 Å². The standard InChI is InChI=1S/C14H19N3O/c1-4-17-10-9-16-14(17)13(15-2)11-5-7-12(18-3)8-6-11/h5-10,13,15H,4H2,1-3H3. The van der Waals surface area contributed by atoms with Crippen LogP contribution in [0.3, 0.4) is 0 Å². The first-order valence-corrected chi connectivity index (χ1v) is 6.12. The molecule has 0 bridgehead atoms. The third-order valence-corrected chi connectivity index (χ3v) is 3.08. The highest BCUT2D eigenvalue weighted by Gasteiger charge is 2.16. The number of hydrogen-bond donors (Lipinski definition) is 1. The third-order valence-electron chi connectivity index (χ3n) is 3.08. The van der Waals surface area contributed by atoms with Crippen molar-refractivity contribution in [2.24, 2.45) is 0 Å². The second kappa shape index (κ2) is 5.69. The van der Waals surface area contributed by atoms with Gasteiger partial charge in [0.25, 0.3) is 0 Å². The topological polar surface area (TPSA) is 39.1 Å². The Bertz CT molecular complexity index is 490. The van der Waals surface area contributed by atoms with E-state index in [0.717, 1.165) is 18.1 Å². The fraction of sp³-hybridized carbons (Fsp3) is 0.357. The van der Waals surface area contributed by atoms with Crippen molar-refractivity contribution < 1.29 is 4.74 Å². The average molecular weight is 245 g/mol. The van der Waals surface area contributed by atoms with E-state index in [9.17, 15) is 0 Å². The molecule has 0 saturated heterocycles. The Balaban J connectivity index is 2.32. The Morgan fingerprint density at radius 3 is 2.61 bits per heavy atom. The van der Waals surface area contributed by atoms with Gasteiger partial charge in [-0.05, 0) is 31.7 Å². The highest BCUT2D eigenvalue weighted by atomic mass is 16.5. The van der Waals surface area contributed by atoms with Gasteiger partial charge in [0.15, 0.2) is 0 Å². The monoisotopic (exact) mass is 245 g/mol. The summed E-state index contributed by atoms with van der Waals surface area (Å²) in [6.07, 6.45) is 3.84. The van der Waals surface area contributed by atoms with Crippen molar-refractivity contribution in [3.8, 4) is 5.75 Å². The third kappa shape index (κ3) is 2.38. The molecule has 0 aliphatic rings. The van der Waals surface area contributed by atoms with Crippen LogP contribution in [0.2, 0.25) is 0 Å². The van der Waals surface area contributed by atoms with E-state index in [1.807, 2.05) is 31.6 Å². The minimum absolute atomic E-state index is 0.103. The molecule has 0 aliphatic heterocycles. The second-order valence-corrected chi connectivity index (χ2v) is 4.07. The number of aromatic nitrogens is 2. The highest BCUT2D eigenvalue weighted by molar-refractivity contribution is 5.32. The molecular formula is C14H19N3O. The van der Waals surface area contributed by atoms with Gasteiger partial charge < -0.3 is 14.6 Å². The van der Waals surface area contributed by atoms with E-state index in [4.69, 9.17) is 4.74 Å². The number of aryl methyl sites for hydroxylation is 1. The lowest BCUT2D eigenvalue weighted by Gasteiger charge is -2.17. The van der Waals surface area contributed by atoms with Crippen LogP contribution >= 0.6 is 0 Å². The molecule has 0 spiro atoms. The molecule has 18 heavy (non-hydrogen) atoms. The molecule has 4 heteroatoms. The van der Waals surface area contributed by atoms with Crippen molar-refractivity contribution in [1.82, 2.24) is 14.9 Å². The molecule has 0 saturated carbocycles. The fourth-order valence-electron chi connectivity index (χ4n) is 2.09. The van der Waals surface area contributed by atoms with Crippen molar-refractivity contribution >= 4 is 0 Å². The molecule has 0 amide bonds. The van der Waals surface area contributed by atoms with Gasteiger partial charge in [-0.25, -0.2) is 4.98 Å². The molecule has 1 N–H and O–H groups in total. The smallest absolute Gasteiger partial charge is 0.130 e. The molecule has 0 fully saturated rings. The molecule has 2 rings (SSSR count). The summed E-state index contributed by atoms with van der Waals surface area (Å²) in [5, 5.41) is 3.31. The van der Waals surface area contributed by atoms with Crippen molar-refractivity contribution in [3.05, 3.63) is 48.0 Å². The number of benzene rings is 1. The Hall–Kier alpha value is -1.81. The van der Waals surface area contributed by atoms with Crippen LogP contribution in [0.1, 0.15) is 24.4 Å². The summed E-state index contributed by atoms with van der Waals surface area (Å²) in [5.74, 6) is 1.90. The number of rotatable bonds is 5. The van der Waals surface area contributed by atoms with Crippen LogP contribution in [-0.2, 0) is 6.54 Å². The van der Waals surface area contributed by atoms with Gasteiger partial charge in [0.05, 0.1) is 13.2 Å². The van der Waals surface area contributed by atoms with Gasteiger partial charge in [0, 0.05) is 18.9 Å². The van der Waals surface area contributed by atoms with E-state index in [-0.39, 0.29) is 6.04 Å². The Kier molecular flexibility index (Phi) is 3.99.